The molecule has 0 radical (unpaired) electrons. The molecular weight excluding hydrogens is 316 g/mol. The van der Waals surface area contributed by atoms with Gasteiger partial charge >= 0.3 is 0 Å². The molecule has 0 atom stereocenters. The van der Waals surface area contributed by atoms with Gasteiger partial charge in [-0.05, 0) is 18.2 Å². The number of fused-ring (bicyclic) bond motifs is 1. The van der Waals surface area contributed by atoms with Gasteiger partial charge in [0.25, 0.3) is 5.69 Å². The summed E-state index contributed by atoms with van der Waals surface area (Å²) in [4.78, 5) is 10.9. The number of phenolic OH excluding ortho intramolecular Hbond substituents is 1. The van der Waals surface area contributed by atoms with Gasteiger partial charge in [0.1, 0.15) is 5.75 Å². The van der Waals surface area contributed by atoms with Gasteiger partial charge in [-0.1, -0.05) is 23.5 Å². The molecule has 0 spiro atoms. The Kier molecular flexibility index (Phi) is 3.90. The van der Waals surface area contributed by atoms with Crippen LogP contribution in [0.15, 0.2) is 52.7 Å². The SMILES string of the molecule is Cn1/c(=N/N=C/c2cc([N+](=O)[O-])ccc2O)sc2ccccc21. The predicted molar refractivity (Wildman–Crippen MR) is 88.7 cm³/mol. The fourth-order valence-electron chi connectivity index (χ4n) is 2.08. The number of aromatic hydroxyl groups is 1. The number of aryl methyl sites for hydroxylation is 1. The summed E-state index contributed by atoms with van der Waals surface area (Å²) in [6, 6.07) is 11.6. The summed E-state index contributed by atoms with van der Waals surface area (Å²) in [7, 11) is 1.89. The first-order chi connectivity index (χ1) is 11.1. The van der Waals surface area contributed by atoms with Crippen molar-refractivity contribution in [2.24, 2.45) is 17.3 Å². The minimum Gasteiger partial charge on any atom is -0.507 e. The Morgan fingerprint density at radius 1 is 1.30 bits per heavy atom. The third-order valence-electron chi connectivity index (χ3n) is 3.28. The number of nitro groups is 1. The van der Waals surface area contributed by atoms with Gasteiger partial charge in [0, 0.05) is 24.7 Å². The molecule has 3 aromatic rings. The number of para-hydroxylation sites is 1. The molecule has 116 valence electrons. The van der Waals surface area contributed by atoms with Crippen LogP contribution in [0.25, 0.3) is 10.2 Å². The number of rotatable bonds is 3. The fraction of sp³-hybridized carbons (Fsp3) is 0.0667. The highest BCUT2D eigenvalue weighted by Crippen LogP contribution is 2.21. The Bertz CT molecular complexity index is 988. The topological polar surface area (TPSA) is 93.0 Å². The number of nitro benzene ring substituents is 1. The summed E-state index contributed by atoms with van der Waals surface area (Å²) in [6.45, 7) is 0. The molecule has 1 heterocycles. The average Bonchev–Trinajstić information content (AvgIpc) is 2.86. The Labute approximate surface area is 134 Å². The van der Waals surface area contributed by atoms with E-state index in [1.165, 1.54) is 35.8 Å². The van der Waals surface area contributed by atoms with Crippen LogP contribution in [0.1, 0.15) is 5.56 Å². The van der Waals surface area contributed by atoms with Crippen molar-refractivity contribution in [3.05, 3.63) is 62.9 Å². The van der Waals surface area contributed by atoms with E-state index in [1.807, 2.05) is 35.9 Å². The van der Waals surface area contributed by atoms with E-state index in [9.17, 15) is 15.2 Å². The van der Waals surface area contributed by atoms with Crippen LogP contribution < -0.4 is 4.80 Å². The lowest BCUT2D eigenvalue weighted by Gasteiger charge is -1.97. The molecule has 0 unspecified atom stereocenters. The molecule has 0 saturated heterocycles. The average molecular weight is 328 g/mol. The minimum absolute atomic E-state index is 0.0877. The molecule has 3 rings (SSSR count). The zero-order valence-corrected chi connectivity index (χ0v) is 12.9. The van der Waals surface area contributed by atoms with E-state index in [2.05, 4.69) is 10.2 Å². The number of hydrogen-bond donors (Lipinski definition) is 1. The molecular formula is C15H12N4O3S. The molecule has 0 aliphatic heterocycles. The molecule has 0 fully saturated rings. The maximum atomic E-state index is 10.8. The number of non-ortho nitro benzene ring substituents is 1. The van der Waals surface area contributed by atoms with Crippen LogP contribution in [0.3, 0.4) is 0 Å². The fourth-order valence-corrected chi connectivity index (χ4v) is 3.05. The number of nitrogens with zero attached hydrogens (tertiary/aromatic N) is 4. The molecule has 0 aliphatic carbocycles. The molecule has 0 saturated carbocycles. The Balaban J connectivity index is 1.98. The van der Waals surface area contributed by atoms with Crippen molar-refractivity contribution in [1.82, 2.24) is 4.57 Å². The number of benzene rings is 2. The first kappa shape index (κ1) is 14.9. The van der Waals surface area contributed by atoms with Gasteiger partial charge in [-0.2, -0.15) is 5.10 Å². The molecule has 0 aliphatic rings. The highest BCUT2D eigenvalue weighted by molar-refractivity contribution is 7.16. The van der Waals surface area contributed by atoms with Crippen LogP contribution in [0, 0.1) is 10.1 Å². The Morgan fingerprint density at radius 2 is 2.09 bits per heavy atom. The van der Waals surface area contributed by atoms with Gasteiger partial charge < -0.3 is 9.67 Å². The molecule has 8 heteroatoms. The van der Waals surface area contributed by atoms with Gasteiger partial charge in [0.15, 0.2) is 0 Å². The van der Waals surface area contributed by atoms with E-state index >= 15 is 0 Å². The van der Waals surface area contributed by atoms with Crippen LogP contribution in [-0.4, -0.2) is 20.8 Å². The molecule has 2 aromatic carbocycles. The monoisotopic (exact) mass is 328 g/mol. The number of aromatic nitrogens is 1. The molecule has 0 amide bonds. The van der Waals surface area contributed by atoms with Crippen molar-refractivity contribution in [3.63, 3.8) is 0 Å². The lowest BCUT2D eigenvalue weighted by molar-refractivity contribution is -0.384. The van der Waals surface area contributed by atoms with Crippen LogP contribution in [0.5, 0.6) is 5.75 Å². The first-order valence-corrected chi connectivity index (χ1v) is 7.47. The third-order valence-corrected chi connectivity index (χ3v) is 4.38. The largest absolute Gasteiger partial charge is 0.507 e. The molecule has 1 N–H and O–H groups in total. The molecule has 23 heavy (non-hydrogen) atoms. The van der Waals surface area contributed by atoms with E-state index in [0.717, 1.165) is 10.2 Å². The van der Waals surface area contributed by atoms with Crippen molar-refractivity contribution < 1.29 is 10.0 Å². The second-order valence-electron chi connectivity index (χ2n) is 4.76. The standard InChI is InChI=1S/C15H12N4O3S/c1-18-12-4-2-3-5-14(12)23-15(18)17-16-9-10-8-11(19(21)22)6-7-13(10)20/h2-9,20H,1H3/b16-9+,17-15-. The van der Waals surface area contributed by atoms with Crippen molar-refractivity contribution >= 4 is 33.5 Å². The van der Waals surface area contributed by atoms with Gasteiger partial charge in [-0.25, -0.2) is 0 Å². The second kappa shape index (κ2) is 6.01. The number of phenols is 1. The van der Waals surface area contributed by atoms with Gasteiger partial charge in [0.05, 0.1) is 21.4 Å². The van der Waals surface area contributed by atoms with Crippen LogP contribution in [0.4, 0.5) is 5.69 Å². The highest BCUT2D eigenvalue weighted by atomic mass is 32.1. The lowest BCUT2D eigenvalue weighted by Crippen LogP contribution is -2.08. The molecule has 0 bridgehead atoms. The minimum atomic E-state index is -0.528. The summed E-state index contributed by atoms with van der Waals surface area (Å²) in [6.07, 6.45) is 1.30. The van der Waals surface area contributed by atoms with Crippen LogP contribution in [0.2, 0.25) is 0 Å². The number of hydrogen-bond acceptors (Lipinski definition) is 6. The van der Waals surface area contributed by atoms with E-state index in [-0.39, 0.29) is 17.0 Å². The summed E-state index contributed by atoms with van der Waals surface area (Å²) in [5.41, 5.74) is 1.17. The quantitative estimate of drug-likeness (QED) is 0.455. The van der Waals surface area contributed by atoms with E-state index in [4.69, 9.17) is 0 Å². The van der Waals surface area contributed by atoms with Gasteiger partial charge in [0.2, 0.25) is 4.80 Å². The van der Waals surface area contributed by atoms with Crippen LogP contribution in [-0.2, 0) is 7.05 Å². The van der Waals surface area contributed by atoms with E-state index < -0.39 is 4.92 Å². The van der Waals surface area contributed by atoms with Crippen molar-refractivity contribution in [3.8, 4) is 5.75 Å². The highest BCUT2D eigenvalue weighted by Gasteiger charge is 2.08. The molecule has 7 nitrogen and oxygen atoms in total. The Morgan fingerprint density at radius 3 is 2.83 bits per heavy atom. The van der Waals surface area contributed by atoms with E-state index in [0.29, 0.717) is 4.80 Å². The third kappa shape index (κ3) is 2.97. The maximum Gasteiger partial charge on any atom is 0.270 e. The molecule has 1 aromatic heterocycles. The zero-order chi connectivity index (χ0) is 16.4. The zero-order valence-electron chi connectivity index (χ0n) is 12.1. The Hall–Kier alpha value is -3.00. The van der Waals surface area contributed by atoms with Crippen molar-refractivity contribution in [2.75, 3.05) is 0 Å². The smallest absolute Gasteiger partial charge is 0.270 e. The number of thiazole rings is 1. The summed E-state index contributed by atoms with van der Waals surface area (Å²) in [5, 5.41) is 28.5. The van der Waals surface area contributed by atoms with Crippen molar-refractivity contribution in [1.29, 1.82) is 0 Å². The summed E-state index contributed by atoms with van der Waals surface area (Å²) in [5.74, 6) is -0.0877. The summed E-state index contributed by atoms with van der Waals surface area (Å²) >= 11 is 1.48. The first-order valence-electron chi connectivity index (χ1n) is 6.65. The van der Waals surface area contributed by atoms with Crippen LogP contribution >= 0.6 is 11.3 Å². The normalized spacial score (nSPS) is 12.3. The van der Waals surface area contributed by atoms with E-state index in [1.54, 1.807) is 0 Å². The summed E-state index contributed by atoms with van der Waals surface area (Å²) < 4.78 is 2.99. The van der Waals surface area contributed by atoms with Gasteiger partial charge in [-0.15, -0.1) is 5.10 Å². The maximum absolute atomic E-state index is 10.8. The second-order valence-corrected chi connectivity index (χ2v) is 5.77. The van der Waals surface area contributed by atoms with Gasteiger partial charge in [-0.3, -0.25) is 10.1 Å². The predicted octanol–water partition coefficient (Wildman–Crippen LogP) is 2.79. The van der Waals surface area contributed by atoms with Crippen molar-refractivity contribution in [2.45, 2.75) is 0 Å². The lowest BCUT2D eigenvalue weighted by atomic mass is 10.2.